The van der Waals surface area contributed by atoms with Gasteiger partial charge in [0.15, 0.2) is 0 Å². The van der Waals surface area contributed by atoms with Gasteiger partial charge in [-0.2, -0.15) is 0 Å². The van der Waals surface area contributed by atoms with Crippen molar-refractivity contribution < 1.29 is 14.3 Å². The zero-order chi connectivity index (χ0) is 16.8. The van der Waals surface area contributed by atoms with Gasteiger partial charge in [0.1, 0.15) is 5.75 Å². The standard InChI is InChI=1S/C17H26N2O3/c1-5-22-14-8-6-12(7-9-14)10-13(15(18)20)11-19-16(21)17(2,3)4/h6-9,13H,5,10-11H2,1-4H3,(H2,18,20)(H,19,21)/t13-/m1/s1. The zero-order valence-corrected chi connectivity index (χ0v) is 13.8. The Hall–Kier alpha value is -2.04. The molecule has 0 spiro atoms. The van der Waals surface area contributed by atoms with Gasteiger partial charge in [-0.25, -0.2) is 0 Å². The lowest BCUT2D eigenvalue weighted by molar-refractivity contribution is -0.129. The maximum atomic E-state index is 11.9. The molecule has 1 aromatic rings. The lowest BCUT2D eigenvalue weighted by Gasteiger charge is -2.20. The molecule has 1 atom stereocenters. The highest BCUT2D eigenvalue weighted by atomic mass is 16.5. The molecule has 0 saturated heterocycles. The second-order valence-corrected chi connectivity index (χ2v) is 6.34. The van der Waals surface area contributed by atoms with Gasteiger partial charge in [-0.1, -0.05) is 32.9 Å². The Morgan fingerprint density at radius 3 is 2.27 bits per heavy atom. The van der Waals surface area contributed by atoms with E-state index in [0.717, 1.165) is 11.3 Å². The Morgan fingerprint density at radius 2 is 1.82 bits per heavy atom. The number of nitrogens with two attached hydrogens (primary N) is 1. The van der Waals surface area contributed by atoms with Gasteiger partial charge in [-0.05, 0) is 31.0 Å². The van der Waals surface area contributed by atoms with Crippen LogP contribution >= 0.6 is 0 Å². The molecular formula is C17H26N2O3. The average Bonchev–Trinajstić information content (AvgIpc) is 2.43. The summed E-state index contributed by atoms with van der Waals surface area (Å²) in [6, 6.07) is 7.55. The van der Waals surface area contributed by atoms with E-state index in [4.69, 9.17) is 10.5 Å². The van der Waals surface area contributed by atoms with Crippen molar-refractivity contribution in [1.82, 2.24) is 5.32 Å². The predicted octanol–water partition coefficient (Wildman–Crippen LogP) is 1.89. The molecule has 22 heavy (non-hydrogen) atoms. The highest BCUT2D eigenvalue weighted by Gasteiger charge is 2.23. The number of nitrogens with one attached hydrogen (secondary N) is 1. The summed E-state index contributed by atoms with van der Waals surface area (Å²) >= 11 is 0. The van der Waals surface area contributed by atoms with Gasteiger partial charge in [0.2, 0.25) is 11.8 Å². The van der Waals surface area contributed by atoms with E-state index in [1.807, 2.05) is 52.0 Å². The molecule has 5 nitrogen and oxygen atoms in total. The first-order chi connectivity index (χ1) is 10.2. The Balaban J connectivity index is 2.64. The van der Waals surface area contributed by atoms with E-state index in [9.17, 15) is 9.59 Å². The number of ether oxygens (including phenoxy) is 1. The number of carbonyl (C=O) groups is 2. The van der Waals surface area contributed by atoms with Crippen molar-refractivity contribution in [2.45, 2.75) is 34.1 Å². The molecule has 0 saturated carbocycles. The molecule has 5 heteroatoms. The largest absolute Gasteiger partial charge is 0.494 e. The summed E-state index contributed by atoms with van der Waals surface area (Å²) in [7, 11) is 0. The first-order valence-corrected chi connectivity index (χ1v) is 7.53. The molecule has 0 unspecified atom stereocenters. The molecule has 0 aliphatic heterocycles. The Kier molecular flexibility index (Phi) is 6.40. The first-order valence-electron chi connectivity index (χ1n) is 7.53. The number of hydrogen-bond acceptors (Lipinski definition) is 3. The molecule has 1 aromatic carbocycles. The minimum Gasteiger partial charge on any atom is -0.494 e. The molecule has 122 valence electrons. The highest BCUT2D eigenvalue weighted by Crippen LogP contribution is 2.16. The number of benzene rings is 1. The van der Waals surface area contributed by atoms with Crippen LogP contribution in [0.4, 0.5) is 0 Å². The normalized spacial score (nSPS) is 12.5. The monoisotopic (exact) mass is 306 g/mol. The average molecular weight is 306 g/mol. The number of rotatable bonds is 7. The third kappa shape index (κ3) is 5.76. The molecule has 3 N–H and O–H groups in total. The van der Waals surface area contributed by atoms with E-state index in [1.165, 1.54) is 0 Å². The second kappa shape index (κ2) is 7.82. The molecule has 1 rings (SSSR count). The van der Waals surface area contributed by atoms with E-state index in [1.54, 1.807) is 0 Å². The van der Waals surface area contributed by atoms with Crippen molar-refractivity contribution in [1.29, 1.82) is 0 Å². The van der Waals surface area contributed by atoms with Crippen molar-refractivity contribution >= 4 is 11.8 Å². The van der Waals surface area contributed by atoms with Gasteiger partial charge < -0.3 is 15.8 Å². The molecule has 0 aliphatic carbocycles. The van der Waals surface area contributed by atoms with Crippen molar-refractivity contribution in [3.05, 3.63) is 29.8 Å². The Morgan fingerprint density at radius 1 is 1.23 bits per heavy atom. The van der Waals surface area contributed by atoms with Crippen LogP contribution in [0, 0.1) is 11.3 Å². The van der Waals surface area contributed by atoms with E-state index >= 15 is 0 Å². The van der Waals surface area contributed by atoms with Crippen LogP contribution in [0.5, 0.6) is 5.75 Å². The van der Waals surface area contributed by atoms with Crippen molar-refractivity contribution in [3.63, 3.8) is 0 Å². The summed E-state index contributed by atoms with van der Waals surface area (Å²) < 4.78 is 5.38. The smallest absolute Gasteiger partial charge is 0.225 e. The maximum Gasteiger partial charge on any atom is 0.225 e. The van der Waals surface area contributed by atoms with Gasteiger partial charge in [0.05, 0.1) is 12.5 Å². The second-order valence-electron chi connectivity index (χ2n) is 6.34. The molecule has 0 aliphatic rings. The van der Waals surface area contributed by atoms with Crippen LogP contribution in [0.3, 0.4) is 0 Å². The summed E-state index contributed by atoms with van der Waals surface area (Å²) in [5.41, 5.74) is 5.94. The Labute approximate surface area is 132 Å². The number of primary amides is 1. The van der Waals surface area contributed by atoms with Crippen LogP contribution in [0.1, 0.15) is 33.3 Å². The lowest BCUT2D eigenvalue weighted by atomic mass is 9.94. The van der Waals surface area contributed by atoms with Crippen molar-refractivity contribution in [2.24, 2.45) is 17.1 Å². The van der Waals surface area contributed by atoms with Crippen LogP contribution in [0.15, 0.2) is 24.3 Å². The van der Waals surface area contributed by atoms with Crippen molar-refractivity contribution in [3.8, 4) is 5.75 Å². The summed E-state index contributed by atoms with van der Waals surface area (Å²) in [6.07, 6.45) is 0.492. The fraction of sp³-hybridized carbons (Fsp3) is 0.529. The summed E-state index contributed by atoms with van der Waals surface area (Å²) in [5.74, 6) is -0.138. The minimum atomic E-state index is -0.485. The quantitative estimate of drug-likeness (QED) is 0.807. The summed E-state index contributed by atoms with van der Waals surface area (Å²) in [5, 5.41) is 2.79. The highest BCUT2D eigenvalue weighted by molar-refractivity contribution is 5.82. The van der Waals surface area contributed by atoms with Crippen LogP contribution in [-0.4, -0.2) is 25.0 Å². The third-order valence-corrected chi connectivity index (χ3v) is 3.31. The van der Waals surface area contributed by atoms with Gasteiger partial charge in [0.25, 0.3) is 0 Å². The molecule has 0 radical (unpaired) electrons. The predicted molar refractivity (Wildman–Crippen MR) is 86.5 cm³/mol. The molecule has 0 fully saturated rings. The van der Waals surface area contributed by atoms with Gasteiger partial charge >= 0.3 is 0 Å². The molecule has 0 heterocycles. The zero-order valence-electron chi connectivity index (χ0n) is 13.8. The number of hydrogen-bond donors (Lipinski definition) is 2. The molecule has 0 aromatic heterocycles. The summed E-state index contributed by atoms with van der Waals surface area (Å²) in [4.78, 5) is 23.5. The fourth-order valence-electron chi connectivity index (χ4n) is 1.93. The van der Waals surface area contributed by atoms with E-state index < -0.39 is 17.2 Å². The number of amides is 2. The van der Waals surface area contributed by atoms with Gasteiger partial charge in [-0.3, -0.25) is 9.59 Å². The Bertz CT molecular complexity index is 504. The SMILES string of the molecule is CCOc1ccc(C[C@H](CNC(=O)C(C)(C)C)C(N)=O)cc1. The van der Waals surface area contributed by atoms with E-state index in [-0.39, 0.29) is 12.5 Å². The summed E-state index contributed by atoms with van der Waals surface area (Å²) in [6.45, 7) is 8.27. The van der Waals surface area contributed by atoms with Crippen LogP contribution in [-0.2, 0) is 16.0 Å². The van der Waals surface area contributed by atoms with E-state index in [0.29, 0.717) is 13.0 Å². The minimum absolute atomic E-state index is 0.0922. The molecular weight excluding hydrogens is 280 g/mol. The van der Waals surface area contributed by atoms with Crippen molar-refractivity contribution in [2.75, 3.05) is 13.2 Å². The lowest BCUT2D eigenvalue weighted by Crippen LogP contribution is -2.41. The topological polar surface area (TPSA) is 81.4 Å². The molecule has 2 amide bonds. The van der Waals surface area contributed by atoms with Crippen LogP contribution in [0.25, 0.3) is 0 Å². The third-order valence-electron chi connectivity index (χ3n) is 3.31. The maximum absolute atomic E-state index is 11.9. The number of carbonyl (C=O) groups excluding carboxylic acids is 2. The van der Waals surface area contributed by atoms with Crippen LogP contribution in [0.2, 0.25) is 0 Å². The fourth-order valence-corrected chi connectivity index (χ4v) is 1.93. The first kappa shape index (κ1) is 18.0. The van der Waals surface area contributed by atoms with E-state index in [2.05, 4.69) is 5.32 Å². The molecule has 0 bridgehead atoms. The van der Waals surface area contributed by atoms with Crippen LogP contribution < -0.4 is 15.8 Å². The van der Waals surface area contributed by atoms with Gasteiger partial charge in [-0.15, -0.1) is 0 Å². The van der Waals surface area contributed by atoms with Gasteiger partial charge in [0, 0.05) is 12.0 Å².